The highest BCUT2D eigenvalue weighted by Gasteiger charge is 2.34. The summed E-state index contributed by atoms with van der Waals surface area (Å²) in [6.07, 6.45) is 2.76. The summed E-state index contributed by atoms with van der Waals surface area (Å²) in [7, 11) is 0. The first-order valence-electron chi connectivity index (χ1n) is 8.68. The van der Waals surface area contributed by atoms with Gasteiger partial charge in [0.05, 0.1) is 6.10 Å². The van der Waals surface area contributed by atoms with E-state index in [9.17, 15) is 14.3 Å². The molecule has 1 amide bonds. The first-order valence-corrected chi connectivity index (χ1v) is 8.68. The van der Waals surface area contributed by atoms with Crippen LogP contribution in [-0.2, 0) is 4.79 Å². The SMILES string of the molecule is CCC(C)C(C)C(=O)N1CCCC1CC(O)c1ccc(F)cc1. The van der Waals surface area contributed by atoms with E-state index in [0.29, 0.717) is 17.9 Å². The quantitative estimate of drug-likeness (QED) is 0.862. The van der Waals surface area contributed by atoms with Gasteiger partial charge in [0.15, 0.2) is 0 Å². The smallest absolute Gasteiger partial charge is 0.225 e. The Morgan fingerprint density at radius 1 is 1.35 bits per heavy atom. The number of carbonyl (C=O) groups excluding carboxylic acids is 1. The second kappa shape index (κ2) is 7.91. The van der Waals surface area contributed by atoms with Crippen LogP contribution in [0.3, 0.4) is 0 Å². The van der Waals surface area contributed by atoms with Crippen molar-refractivity contribution in [2.45, 2.75) is 58.6 Å². The molecule has 23 heavy (non-hydrogen) atoms. The van der Waals surface area contributed by atoms with Crippen LogP contribution >= 0.6 is 0 Å². The molecular formula is C19H28FNO2. The lowest BCUT2D eigenvalue weighted by Gasteiger charge is -2.31. The number of aliphatic hydroxyl groups is 1. The summed E-state index contributed by atoms with van der Waals surface area (Å²) in [6.45, 7) is 7.00. The molecule has 0 aromatic heterocycles. The first-order chi connectivity index (χ1) is 10.9. The predicted octanol–water partition coefficient (Wildman–Crippen LogP) is 3.92. The second-order valence-corrected chi connectivity index (χ2v) is 6.80. The minimum absolute atomic E-state index is 0.0172. The lowest BCUT2D eigenvalue weighted by molar-refractivity contribution is -0.137. The summed E-state index contributed by atoms with van der Waals surface area (Å²) in [5, 5.41) is 10.4. The van der Waals surface area contributed by atoms with Crippen LogP contribution in [0, 0.1) is 17.7 Å². The number of likely N-dealkylation sites (tertiary alicyclic amines) is 1. The molecule has 1 fully saturated rings. The van der Waals surface area contributed by atoms with E-state index in [0.717, 1.165) is 25.8 Å². The van der Waals surface area contributed by atoms with Gasteiger partial charge in [0.1, 0.15) is 5.82 Å². The number of halogens is 1. The van der Waals surface area contributed by atoms with Crippen molar-refractivity contribution in [1.82, 2.24) is 4.90 Å². The van der Waals surface area contributed by atoms with Gasteiger partial charge in [-0.2, -0.15) is 0 Å². The van der Waals surface area contributed by atoms with Gasteiger partial charge < -0.3 is 10.0 Å². The molecule has 0 aliphatic carbocycles. The summed E-state index contributed by atoms with van der Waals surface area (Å²) < 4.78 is 13.0. The molecule has 4 unspecified atom stereocenters. The van der Waals surface area contributed by atoms with E-state index in [1.54, 1.807) is 12.1 Å². The zero-order chi connectivity index (χ0) is 17.0. The lowest BCUT2D eigenvalue weighted by Crippen LogP contribution is -2.41. The largest absolute Gasteiger partial charge is 0.388 e. The number of benzene rings is 1. The van der Waals surface area contributed by atoms with Crippen LogP contribution in [0.5, 0.6) is 0 Å². The van der Waals surface area contributed by atoms with Crippen molar-refractivity contribution in [3.63, 3.8) is 0 Å². The molecule has 1 aromatic rings. The summed E-state index contributed by atoms with van der Waals surface area (Å²) in [4.78, 5) is 14.7. The summed E-state index contributed by atoms with van der Waals surface area (Å²) in [6, 6.07) is 6.03. The molecule has 4 atom stereocenters. The van der Waals surface area contributed by atoms with Crippen LogP contribution in [-0.4, -0.2) is 28.5 Å². The van der Waals surface area contributed by atoms with E-state index in [1.165, 1.54) is 12.1 Å². The van der Waals surface area contributed by atoms with E-state index in [-0.39, 0.29) is 23.7 Å². The molecule has 1 aliphatic heterocycles. The number of hydrogen-bond donors (Lipinski definition) is 1. The Labute approximate surface area is 138 Å². The maximum atomic E-state index is 13.0. The van der Waals surface area contributed by atoms with Gasteiger partial charge in [-0.15, -0.1) is 0 Å². The van der Waals surface area contributed by atoms with Crippen LogP contribution < -0.4 is 0 Å². The van der Waals surface area contributed by atoms with E-state index in [2.05, 4.69) is 13.8 Å². The fourth-order valence-electron chi connectivity index (χ4n) is 3.31. The zero-order valence-corrected chi connectivity index (χ0v) is 14.3. The van der Waals surface area contributed by atoms with Crippen molar-refractivity contribution in [2.75, 3.05) is 6.54 Å². The molecular weight excluding hydrogens is 293 g/mol. The summed E-state index contributed by atoms with van der Waals surface area (Å²) >= 11 is 0. The topological polar surface area (TPSA) is 40.5 Å². The Balaban J connectivity index is 2.01. The second-order valence-electron chi connectivity index (χ2n) is 6.80. The Hall–Kier alpha value is -1.42. The van der Waals surface area contributed by atoms with Gasteiger partial charge in [-0.05, 0) is 42.9 Å². The van der Waals surface area contributed by atoms with E-state index in [4.69, 9.17) is 0 Å². The first kappa shape index (κ1) is 17.9. The minimum Gasteiger partial charge on any atom is -0.388 e. The van der Waals surface area contributed by atoms with Gasteiger partial charge in [-0.1, -0.05) is 39.3 Å². The number of carbonyl (C=O) groups is 1. The van der Waals surface area contributed by atoms with Crippen molar-refractivity contribution < 1.29 is 14.3 Å². The highest BCUT2D eigenvalue weighted by molar-refractivity contribution is 5.79. The highest BCUT2D eigenvalue weighted by Crippen LogP contribution is 2.30. The third kappa shape index (κ3) is 4.31. The van der Waals surface area contributed by atoms with Gasteiger partial charge in [-0.3, -0.25) is 4.79 Å². The molecule has 1 heterocycles. The Morgan fingerprint density at radius 2 is 2.00 bits per heavy atom. The van der Waals surface area contributed by atoms with Crippen LogP contribution in [0.15, 0.2) is 24.3 Å². The number of nitrogens with zero attached hydrogens (tertiary/aromatic N) is 1. The van der Waals surface area contributed by atoms with Gasteiger partial charge in [0.2, 0.25) is 5.91 Å². The average Bonchev–Trinajstić information content (AvgIpc) is 3.01. The van der Waals surface area contributed by atoms with Crippen molar-refractivity contribution in [2.24, 2.45) is 11.8 Å². The fourth-order valence-corrected chi connectivity index (χ4v) is 3.31. The van der Waals surface area contributed by atoms with Gasteiger partial charge in [0.25, 0.3) is 0 Å². The van der Waals surface area contributed by atoms with Crippen LogP contribution in [0.25, 0.3) is 0 Å². The maximum absolute atomic E-state index is 13.0. The molecule has 0 bridgehead atoms. The Morgan fingerprint density at radius 3 is 2.61 bits per heavy atom. The standard InChI is InChI=1S/C19H28FNO2/c1-4-13(2)14(3)19(23)21-11-5-6-17(21)12-18(22)15-7-9-16(20)10-8-15/h7-10,13-14,17-18,22H,4-6,11-12H2,1-3H3. The van der Waals surface area contributed by atoms with Crippen LogP contribution in [0.4, 0.5) is 4.39 Å². The molecule has 4 heteroatoms. The summed E-state index contributed by atoms with van der Waals surface area (Å²) in [5.41, 5.74) is 0.709. The maximum Gasteiger partial charge on any atom is 0.225 e. The average molecular weight is 321 g/mol. The van der Waals surface area contributed by atoms with Gasteiger partial charge in [0, 0.05) is 18.5 Å². The molecule has 0 spiro atoms. The van der Waals surface area contributed by atoms with Crippen molar-refractivity contribution in [3.8, 4) is 0 Å². The normalized spacial score (nSPS) is 22.0. The van der Waals surface area contributed by atoms with Gasteiger partial charge in [-0.25, -0.2) is 4.39 Å². The van der Waals surface area contributed by atoms with Gasteiger partial charge >= 0.3 is 0 Å². The fraction of sp³-hybridized carbons (Fsp3) is 0.632. The third-order valence-corrected chi connectivity index (χ3v) is 5.30. The molecule has 0 saturated carbocycles. The minimum atomic E-state index is -0.659. The van der Waals surface area contributed by atoms with Crippen molar-refractivity contribution >= 4 is 5.91 Å². The van der Waals surface area contributed by atoms with Crippen molar-refractivity contribution in [1.29, 1.82) is 0 Å². The van der Waals surface area contributed by atoms with E-state index < -0.39 is 6.10 Å². The molecule has 1 aliphatic rings. The number of hydrogen-bond acceptors (Lipinski definition) is 2. The molecule has 0 radical (unpaired) electrons. The highest BCUT2D eigenvalue weighted by atomic mass is 19.1. The number of rotatable bonds is 6. The molecule has 2 rings (SSSR count). The number of amides is 1. The Kier molecular flexibility index (Phi) is 6.17. The molecule has 128 valence electrons. The third-order valence-electron chi connectivity index (χ3n) is 5.30. The van der Waals surface area contributed by atoms with E-state index >= 15 is 0 Å². The molecule has 3 nitrogen and oxygen atoms in total. The molecule has 1 N–H and O–H groups in total. The van der Waals surface area contributed by atoms with Crippen molar-refractivity contribution in [3.05, 3.63) is 35.6 Å². The molecule has 1 saturated heterocycles. The summed E-state index contributed by atoms with van der Waals surface area (Å²) in [5.74, 6) is 0.281. The Bertz CT molecular complexity index is 517. The number of aliphatic hydroxyl groups excluding tert-OH is 1. The zero-order valence-electron chi connectivity index (χ0n) is 14.3. The lowest BCUT2D eigenvalue weighted by atomic mass is 9.91. The molecule has 1 aromatic carbocycles. The van der Waals surface area contributed by atoms with Crippen LogP contribution in [0.1, 0.15) is 58.1 Å². The monoisotopic (exact) mass is 321 g/mol. The van der Waals surface area contributed by atoms with E-state index in [1.807, 2.05) is 11.8 Å². The van der Waals surface area contributed by atoms with Crippen LogP contribution in [0.2, 0.25) is 0 Å². The predicted molar refractivity (Wildman–Crippen MR) is 89.3 cm³/mol.